The van der Waals surface area contributed by atoms with Crippen molar-refractivity contribution in [3.8, 4) is 11.4 Å². The molecule has 0 N–H and O–H groups in total. The summed E-state index contributed by atoms with van der Waals surface area (Å²) in [5.41, 5.74) is 3.14. The fraction of sp³-hybridized carbons (Fsp3) is 0.368. The van der Waals surface area contributed by atoms with Gasteiger partial charge in [0.05, 0.1) is 12.7 Å². The van der Waals surface area contributed by atoms with Gasteiger partial charge in [0, 0.05) is 37.2 Å². The van der Waals surface area contributed by atoms with Crippen LogP contribution in [0.2, 0.25) is 0 Å². The minimum absolute atomic E-state index is 0.259. The van der Waals surface area contributed by atoms with Crippen LogP contribution in [0.4, 0.5) is 0 Å². The SMILES string of the molecule is CCOC(C)CC=Cc1ccc(-c2ncc(COC)cn2)cc1. The van der Waals surface area contributed by atoms with Crippen LogP contribution < -0.4 is 0 Å². The monoisotopic (exact) mass is 312 g/mol. The van der Waals surface area contributed by atoms with Crippen LogP contribution in [-0.2, 0) is 16.1 Å². The van der Waals surface area contributed by atoms with Crippen molar-refractivity contribution in [3.63, 3.8) is 0 Å². The molecule has 2 aromatic rings. The molecule has 1 aromatic carbocycles. The molecule has 0 spiro atoms. The lowest BCUT2D eigenvalue weighted by Crippen LogP contribution is -2.05. The fourth-order valence-corrected chi connectivity index (χ4v) is 2.24. The van der Waals surface area contributed by atoms with Crippen LogP contribution in [0, 0.1) is 0 Å². The van der Waals surface area contributed by atoms with Gasteiger partial charge in [-0.25, -0.2) is 9.97 Å². The number of benzene rings is 1. The minimum Gasteiger partial charge on any atom is -0.380 e. The molecule has 0 saturated heterocycles. The van der Waals surface area contributed by atoms with E-state index < -0.39 is 0 Å². The Morgan fingerprint density at radius 2 is 1.83 bits per heavy atom. The van der Waals surface area contributed by atoms with Gasteiger partial charge in [0.1, 0.15) is 0 Å². The average Bonchev–Trinajstić information content (AvgIpc) is 2.57. The van der Waals surface area contributed by atoms with Gasteiger partial charge in [-0.2, -0.15) is 0 Å². The smallest absolute Gasteiger partial charge is 0.159 e. The largest absolute Gasteiger partial charge is 0.380 e. The predicted octanol–water partition coefficient (Wildman–Crippen LogP) is 4.12. The molecule has 23 heavy (non-hydrogen) atoms. The van der Waals surface area contributed by atoms with Crippen molar-refractivity contribution in [3.05, 3.63) is 53.9 Å². The van der Waals surface area contributed by atoms with Crippen LogP contribution in [0.25, 0.3) is 17.5 Å². The molecular formula is C19H24N2O2. The van der Waals surface area contributed by atoms with Gasteiger partial charge in [0.15, 0.2) is 5.82 Å². The fourth-order valence-electron chi connectivity index (χ4n) is 2.24. The number of methoxy groups -OCH3 is 1. The molecule has 0 aliphatic carbocycles. The molecule has 1 aromatic heterocycles. The number of hydrogen-bond donors (Lipinski definition) is 0. The van der Waals surface area contributed by atoms with Gasteiger partial charge in [-0.15, -0.1) is 0 Å². The first kappa shape index (κ1) is 17.3. The average molecular weight is 312 g/mol. The highest BCUT2D eigenvalue weighted by atomic mass is 16.5. The molecule has 0 radical (unpaired) electrons. The Morgan fingerprint density at radius 1 is 1.13 bits per heavy atom. The second kappa shape index (κ2) is 9.18. The molecule has 4 heteroatoms. The summed E-state index contributed by atoms with van der Waals surface area (Å²) in [6.45, 7) is 5.39. The van der Waals surface area contributed by atoms with E-state index in [1.54, 1.807) is 19.5 Å². The lowest BCUT2D eigenvalue weighted by atomic mass is 10.1. The predicted molar refractivity (Wildman–Crippen MR) is 92.9 cm³/mol. The summed E-state index contributed by atoms with van der Waals surface area (Å²) >= 11 is 0. The molecule has 1 heterocycles. The lowest BCUT2D eigenvalue weighted by molar-refractivity contribution is 0.0788. The van der Waals surface area contributed by atoms with E-state index in [9.17, 15) is 0 Å². The molecule has 0 bridgehead atoms. The van der Waals surface area contributed by atoms with Crippen LogP contribution in [0.1, 0.15) is 31.4 Å². The summed E-state index contributed by atoms with van der Waals surface area (Å²) in [5, 5.41) is 0. The number of ether oxygens (including phenoxy) is 2. The van der Waals surface area contributed by atoms with Crippen molar-refractivity contribution in [2.45, 2.75) is 33.0 Å². The van der Waals surface area contributed by atoms with Gasteiger partial charge >= 0.3 is 0 Å². The zero-order valence-corrected chi connectivity index (χ0v) is 14.0. The first-order valence-electron chi connectivity index (χ1n) is 7.91. The third kappa shape index (κ3) is 5.58. The number of aromatic nitrogens is 2. The van der Waals surface area contributed by atoms with E-state index in [1.165, 1.54) is 0 Å². The van der Waals surface area contributed by atoms with Crippen molar-refractivity contribution in [2.24, 2.45) is 0 Å². The van der Waals surface area contributed by atoms with E-state index in [2.05, 4.69) is 41.2 Å². The maximum Gasteiger partial charge on any atom is 0.159 e. The Labute approximate surface area is 138 Å². The van der Waals surface area contributed by atoms with Gasteiger partial charge in [-0.1, -0.05) is 36.4 Å². The molecule has 0 fully saturated rings. The highest BCUT2D eigenvalue weighted by Gasteiger charge is 2.01. The quantitative estimate of drug-likeness (QED) is 0.735. The highest BCUT2D eigenvalue weighted by Crippen LogP contribution is 2.16. The third-order valence-electron chi connectivity index (χ3n) is 3.41. The summed E-state index contributed by atoms with van der Waals surface area (Å²) < 4.78 is 10.6. The van der Waals surface area contributed by atoms with Crippen molar-refractivity contribution >= 4 is 6.08 Å². The van der Waals surface area contributed by atoms with Gasteiger partial charge in [-0.3, -0.25) is 0 Å². The first-order valence-corrected chi connectivity index (χ1v) is 7.91. The third-order valence-corrected chi connectivity index (χ3v) is 3.41. The number of hydrogen-bond acceptors (Lipinski definition) is 4. The summed E-state index contributed by atoms with van der Waals surface area (Å²) in [7, 11) is 1.66. The van der Waals surface area contributed by atoms with Crippen molar-refractivity contribution in [2.75, 3.05) is 13.7 Å². The van der Waals surface area contributed by atoms with E-state index in [0.717, 1.165) is 35.5 Å². The van der Waals surface area contributed by atoms with Crippen LogP contribution >= 0.6 is 0 Å². The topological polar surface area (TPSA) is 44.2 Å². The molecular weight excluding hydrogens is 288 g/mol. The Kier molecular flexibility index (Phi) is 6.91. The second-order valence-electron chi connectivity index (χ2n) is 5.37. The molecule has 0 saturated carbocycles. The number of nitrogens with zero attached hydrogens (tertiary/aromatic N) is 2. The Morgan fingerprint density at radius 3 is 2.43 bits per heavy atom. The van der Waals surface area contributed by atoms with Crippen molar-refractivity contribution in [1.29, 1.82) is 0 Å². The maximum absolute atomic E-state index is 5.51. The molecule has 2 rings (SSSR count). The molecule has 0 aliphatic heterocycles. The summed E-state index contributed by atoms with van der Waals surface area (Å²) in [6, 6.07) is 8.22. The van der Waals surface area contributed by atoms with Gasteiger partial charge < -0.3 is 9.47 Å². The van der Waals surface area contributed by atoms with E-state index >= 15 is 0 Å². The van der Waals surface area contributed by atoms with Crippen LogP contribution in [0.5, 0.6) is 0 Å². The second-order valence-corrected chi connectivity index (χ2v) is 5.37. The zero-order chi connectivity index (χ0) is 16.5. The number of rotatable bonds is 8. The van der Waals surface area contributed by atoms with E-state index in [0.29, 0.717) is 6.61 Å². The summed E-state index contributed by atoms with van der Waals surface area (Å²) in [5.74, 6) is 0.727. The van der Waals surface area contributed by atoms with Gasteiger partial charge in [0.2, 0.25) is 0 Å². The van der Waals surface area contributed by atoms with Crippen LogP contribution in [-0.4, -0.2) is 29.8 Å². The molecule has 122 valence electrons. The van der Waals surface area contributed by atoms with E-state index in [1.807, 2.05) is 19.1 Å². The van der Waals surface area contributed by atoms with Crippen molar-refractivity contribution in [1.82, 2.24) is 9.97 Å². The van der Waals surface area contributed by atoms with Gasteiger partial charge in [-0.05, 0) is 25.8 Å². The zero-order valence-electron chi connectivity index (χ0n) is 14.0. The Balaban J connectivity index is 1.97. The first-order chi connectivity index (χ1) is 11.2. The molecule has 0 aliphatic rings. The molecule has 0 amide bonds. The molecule has 4 nitrogen and oxygen atoms in total. The molecule has 1 unspecified atom stereocenters. The summed E-state index contributed by atoms with van der Waals surface area (Å²) in [6.07, 6.45) is 9.03. The highest BCUT2D eigenvalue weighted by molar-refractivity contribution is 5.59. The maximum atomic E-state index is 5.51. The standard InChI is InChI=1S/C19H24N2O2/c1-4-23-15(2)6-5-7-16-8-10-18(11-9-16)19-20-12-17(13-21-19)14-22-3/h5,7-13,15H,4,6,14H2,1-3H3. The Hall–Kier alpha value is -2.04. The molecule has 1 atom stereocenters. The Bertz CT molecular complexity index is 606. The summed E-state index contributed by atoms with van der Waals surface area (Å²) in [4.78, 5) is 8.75. The van der Waals surface area contributed by atoms with Gasteiger partial charge in [0.25, 0.3) is 0 Å². The lowest BCUT2D eigenvalue weighted by Gasteiger charge is -2.07. The normalized spacial score (nSPS) is 12.7. The van der Waals surface area contributed by atoms with E-state index in [4.69, 9.17) is 9.47 Å². The minimum atomic E-state index is 0.259. The van der Waals surface area contributed by atoms with Crippen molar-refractivity contribution < 1.29 is 9.47 Å². The van der Waals surface area contributed by atoms with E-state index in [-0.39, 0.29) is 6.10 Å². The van der Waals surface area contributed by atoms with Crippen LogP contribution in [0.3, 0.4) is 0 Å². The van der Waals surface area contributed by atoms with Crippen LogP contribution in [0.15, 0.2) is 42.7 Å².